The predicted octanol–water partition coefficient (Wildman–Crippen LogP) is 4.06. The molecule has 0 amide bonds. The van der Waals surface area contributed by atoms with Gasteiger partial charge in [-0.2, -0.15) is 5.10 Å². The van der Waals surface area contributed by atoms with Crippen LogP contribution in [0.1, 0.15) is 24.7 Å². The molecule has 0 aliphatic carbocycles. The number of aromatic nitrogens is 6. The van der Waals surface area contributed by atoms with Gasteiger partial charge in [-0.15, -0.1) is 11.3 Å². The van der Waals surface area contributed by atoms with Gasteiger partial charge in [0.15, 0.2) is 10.8 Å². The minimum absolute atomic E-state index is 0.723. The number of rotatable bonds is 5. The fraction of sp³-hybridized carbons (Fsp3) is 0.333. The Hall–Kier alpha value is -2.74. The summed E-state index contributed by atoms with van der Waals surface area (Å²) in [7, 11) is 1.87. The first-order chi connectivity index (χ1) is 12.6. The number of fused-ring (bicyclic) bond motifs is 1. The van der Waals surface area contributed by atoms with E-state index in [1.54, 1.807) is 28.5 Å². The lowest BCUT2D eigenvalue weighted by Gasteiger charge is -2.07. The second kappa shape index (κ2) is 6.53. The van der Waals surface area contributed by atoms with E-state index in [0.717, 1.165) is 40.6 Å². The van der Waals surface area contributed by atoms with Gasteiger partial charge < -0.3 is 9.88 Å². The van der Waals surface area contributed by atoms with Crippen molar-refractivity contribution >= 4 is 33.3 Å². The Kier molecular flexibility index (Phi) is 4.20. The van der Waals surface area contributed by atoms with E-state index in [9.17, 15) is 0 Å². The molecule has 4 heterocycles. The first-order valence-electron chi connectivity index (χ1n) is 8.60. The van der Waals surface area contributed by atoms with Crippen molar-refractivity contribution in [3.63, 3.8) is 0 Å². The Labute approximate surface area is 155 Å². The fourth-order valence-corrected chi connectivity index (χ4v) is 3.96. The zero-order valence-electron chi connectivity index (χ0n) is 15.3. The van der Waals surface area contributed by atoms with Gasteiger partial charge in [0.05, 0.1) is 17.3 Å². The molecule has 0 saturated carbocycles. The molecule has 4 aromatic heterocycles. The molecular weight excluding hydrogens is 346 g/mol. The first kappa shape index (κ1) is 16.7. The Morgan fingerprint density at radius 3 is 2.88 bits per heavy atom. The highest BCUT2D eigenvalue weighted by molar-refractivity contribution is 7.14. The zero-order chi connectivity index (χ0) is 18.3. The molecule has 4 rings (SSSR count). The van der Waals surface area contributed by atoms with Crippen LogP contribution in [-0.2, 0) is 13.6 Å². The number of nitrogens with one attached hydrogen (secondary N) is 1. The molecule has 26 heavy (non-hydrogen) atoms. The molecule has 4 aromatic rings. The van der Waals surface area contributed by atoms with Crippen LogP contribution in [-0.4, -0.2) is 29.3 Å². The van der Waals surface area contributed by atoms with Crippen molar-refractivity contribution in [2.45, 2.75) is 33.7 Å². The van der Waals surface area contributed by atoms with Crippen LogP contribution in [0.15, 0.2) is 24.0 Å². The summed E-state index contributed by atoms with van der Waals surface area (Å²) in [5, 5.41) is 11.3. The molecule has 8 heteroatoms. The Morgan fingerprint density at radius 1 is 1.23 bits per heavy atom. The standard InChI is InChI=1S/C18H21N7S/c1-5-6-25-11(2)7-13(12(25)3)15-9-26-18(22-15)23-16-14-8-21-24(4)17(14)20-10-19-16/h7-10H,5-6H2,1-4H3,(H,19,20,22,23). The molecule has 7 nitrogen and oxygen atoms in total. The molecule has 0 fully saturated rings. The van der Waals surface area contributed by atoms with Crippen LogP contribution in [0.25, 0.3) is 22.3 Å². The molecule has 0 saturated heterocycles. The minimum atomic E-state index is 0.723. The van der Waals surface area contributed by atoms with E-state index in [0.29, 0.717) is 0 Å². The number of anilines is 2. The van der Waals surface area contributed by atoms with Crippen molar-refractivity contribution in [2.75, 3.05) is 5.32 Å². The van der Waals surface area contributed by atoms with Crippen molar-refractivity contribution in [1.29, 1.82) is 0 Å². The summed E-state index contributed by atoms with van der Waals surface area (Å²) in [6, 6.07) is 2.22. The second-order valence-corrected chi connectivity index (χ2v) is 7.19. The van der Waals surface area contributed by atoms with E-state index in [1.807, 2.05) is 7.05 Å². The lowest BCUT2D eigenvalue weighted by Crippen LogP contribution is -2.01. The number of hydrogen-bond donors (Lipinski definition) is 1. The quantitative estimate of drug-likeness (QED) is 0.576. The predicted molar refractivity (Wildman–Crippen MR) is 105 cm³/mol. The van der Waals surface area contributed by atoms with Crippen molar-refractivity contribution in [3.05, 3.63) is 35.4 Å². The van der Waals surface area contributed by atoms with Crippen molar-refractivity contribution < 1.29 is 0 Å². The van der Waals surface area contributed by atoms with Crippen LogP contribution in [0.3, 0.4) is 0 Å². The second-order valence-electron chi connectivity index (χ2n) is 6.33. The van der Waals surface area contributed by atoms with E-state index in [-0.39, 0.29) is 0 Å². The Morgan fingerprint density at radius 2 is 2.08 bits per heavy atom. The maximum atomic E-state index is 4.77. The third-order valence-corrected chi connectivity index (χ3v) is 5.31. The highest BCUT2D eigenvalue weighted by Gasteiger charge is 2.14. The first-order valence-corrected chi connectivity index (χ1v) is 9.48. The molecule has 0 atom stereocenters. The van der Waals surface area contributed by atoms with E-state index in [2.05, 4.69) is 57.2 Å². The smallest absolute Gasteiger partial charge is 0.188 e. The van der Waals surface area contributed by atoms with Crippen molar-refractivity contribution in [2.24, 2.45) is 7.05 Å². The van der Waals surface area contributed by atoms with Gasteiger partial charge in [-0.3, -0.25) is 4.68 Å². The summed E-state index contributed by atoms with van der Waals surface area (Å²) in [5.74, 6) is 0.723. The average Bonchev–Trinajstić information content (AvgIpc) is 3.31. The van der Waals surface area contributed by atoms with Crippen LogP contribution in [0, 0.1) is 13.8 Å². The van der Waals surface area contributed by atoms with Crippen LogP contribution < -0.4 is 5.32 Å². The minimum Gasteiger partial charge on any atom is -0.348 e. The summed E-state index contributed by atoms with van der Waals surface area (Å²) in [6.07, 6.45) is 4.43. The lowest BCUT2D eigenvalue weighted by molar-refractivity contribution is 0.649. The molecule has 0 aliphatic heterocycles. The van der Waals surface area contributed by atoms with E-state index in [4.69, 9.17) is 4.98 Å². The fourth-order valence-electron chi connectivity index (χ4n) is 3.25. The van der Waals surface area contributed by atoms with Crippen molar-refractivity contribution in [3.8, 4) is 11.3 Å². The highest BCUT2D eigenvalue weighted by atomic mass is 32.1. The molecule has 0 aliphatic rings. The Balaban J connectivity index is 1.65. The molecule has 134 valence electrons. The van der Waals surface area contributed by atoms with Crippen LogP contribution in [0.2, 0.25) is 0 Å². The van der Waals surface area contributed by atoms with Gasteiger partial charge in [-0.1, -0.05) is 6.92 Å². The van der Waals surface area contributed by atoms with Crippen LogP contribution in [0.4, 0.5) is 10.9 Å². The van der Waals surface area contributed by atoms with Gasteiger partial charge >= 0.3 is 0 Å². The van der Waals surface area contributed by atoms with Gasteiger partial charge in [0, 0.05) is 35.9 Å². The van der Waals surface area contributed by atoms with Gasteiger partial charge in [-0.05, 0) is 26.3 Å². The monoisotopic (exact) mass is 367 g/mol. The number of aryl methyl sites for hydroxylation is 2. The maximum Gasteiger partial charge on any atom is 0.188 e. The maximum absolute atomic E-state index is 4.77. The molecule has 0 bridgehead atoms. The summed E-state index contributed by atoms with van der Waals surface area (Å²) in [5.41, 5.74) is 5.51. The third kappa shape index (κ3) is 2.76. The van der Waals surface area contributed by atoms with E-state index in [1.165, 1.54) is 17.0 Å². The number of nitrogens with zero attached hydrogens (tertiary/aromatic N) is 6. The highest BCUT2D eigenvalue weighted by Crippen LogP contribution is 2.32. The topological polar surface area (TPSA) is 73.5 Å². The van der Waals surface area contributed by atoms with Crippen LogP contribution in [0.5, 0.6) is 0 Å². The lowest BCUT2D eigenvalue weighted by atomic mass is 10.2. The normalized spacial score (nSPS) is 11.4. The van der Waals surface area contributed by atoms with Crippen molar-refractivity contribution in [1.82, 2.24) is 29.3 Å². The third-order valence-electron chi connectivity index (χ3n) is 4.56. The molecule has 0 unspecified atom stereocenters. The molecule has 0 aromatic carbocycles. The van der Waals surface area contributed by atoms with Gasteiger partial charge in [0.1, 0.15) is 12.1 Å². The van der Waals surface area contributed by atoms with E-state index < -0.39 is 0 Å². The summed E-state index contributed by atoms with van der Waals surface area (Å²) < 4.78 is 4.09. The van der Waals surface area contributed by atoms with Gasteiger partial charge in [-0.25, -0.2) is 15.0 Å². The largest absolute Gasteiger partial charge is 0.348 e. The molecule has 0 spiro atoms. The van der Waals surface area contributed by atoms with Gasteiger partial charge in [0.25, 0.3) is 0 Å². The Bertz CT molecular complexity index is 1070. The SMILES string of the molecule is CCCn1c(C)cc(-c2csc(Nc3ncnc4c3cnn4C)n2)c1C. The molecule has 1 N–H and O–H groups in total. The van der Waals surface area contributed by atoms with Crippen LogP contribution >= 0.6 is 11.3 Å². The van der Waals surface area contributed by atoms with E-state index >= 15 is 0 Å². The molecule has 0 radical (unpaired) electrons. The average molecular weight is 367 g/mol. The summed E-state index contributed by atoms with van der Waals surface area (Å²) >= 11 is 1.57. The zero-order valence-corrected chi connectivity index (χ0v) is 16.1. The number of hydrogen-bond acceptors (Lipinski definition) is 6. The van der Waals surface area contributed by atoms with Gasteiger partial charge in [0.2, 0.25) is 0 Å². The summed E-state index contributed by atoms with van der Waals surface area (Å²) in [4.78, 5) is 13.4. The molecular formula is C18H21N7S. The number of thiazole rings is 1. The summed E-state index contributed by atoms with van der Waals surface area (Å²) in [6.45, 7) is 7.54.